The van der Waals surface area contributed by atoms with Crippen molar-refractivity contribution in [2.75, 3.05) is 7.11 Å². The smallest absolute Gasteiger partial charge is 0.299 e. The molecule has 0 aliphatic heterocycles. The summed E-state index contributed by atoms with van der Waals surface area (Å²) in [5.41, 5.74) is 1.28. The number of nitriles is 1. The second-order valence-electron chi connectivity index (χ2n) is 4.43. The second-order valence-corrected chi connectivity index (χ2v) is 4.43. The van der Waals surface area contributed by atoms with Gasteiger partial charge < -0.3 is 4.74 Å². The standard InChI is InChI=1S/C16H11N3O2/c1-21-14-9-12-5-3-7-18-15(12)19(16(14)20)13-6-2-4-11(8-13)10-17/h2-9H,1H3. The molecule has 102 valence electrons. The summed E-state index contributed by atoms with van der Waals surface area (Å²) in [4.78, 5) is 16.8. The van der Waals surface area contributed by atoms with E-state index in [1.165, 1.54) is 11.7 Å². The number of fused-ring (bicyclic) bond motifs is 1. The van der Waals surface area contributed by atoms with E-state index in [1.807, 2.05) is 6.07 Å². The van der Waals surface area contributed by atoms with Gasteiger partial charge >= 0.3 is 0 Å². The molecule has 0 fully saturated rings. The average molecular weight is 277 g/mol. The summed E-state index contributed by atoms with van der Waals surface area (Å²) in [5.74, 6) is 0.234. The summed E-state index contributed by atoms with van der Waals surface area (Å²) in [7, 11) is 1.45. The fourth-order valence-corrected chi connectivity index (χ4v) is 2.22. The predicted molar refractivity (Wildman–Crippen MR) is 78.6 cm³/mol. The molecule has 0 radical (unpaired) electrons. The molecule has 2 heterocycles. The summed E-state index contributed by atoms with van der Waals surface area (Å²) in [6, 6.07) is 14.2. The number of benzene rings is 1. The van der Waals surface area contributed by atoms with Gasteiger partial charge in [-0.2, -0.15) is 5.26 Å². The Morgan fingerprint density at radius 1 is 1.24 bits per heavy atom. The Morgan fingerprint density at radius 3 is 2.86 bits per heavy atom. The van der Waals surface area contributed by atoms with Crippen molar-refractivity contribution in [3.63, 3.8) is 0 Å². The van der Waals surface area contributed by atoms with Crippen LogP contribution in [0.5, 0.6) is 5.75 Å². The Balaban J connectivity index is 2.42. The summed E-state index contributed by atoms with van der Waals surface area (Å²) in [5, 5.41) is 9.80. The third-order valence-electron chi connectivity index (χ3n) is 3.18. The molecule has 0 saturated heterocycles. The molecule has 0 saturated carbocycles. The second kappa shape index (κ2) is 5.10. The molecule has 2 aromatic heterocycles. The van der Waals surface area contributed by atoms with Crippen molar-refractivity contribution in [2.45, 2.75) is 0 Å². The van der Waals surface area contributed by atoms with E-state index in [0.29, 0.717) is 16.9 Å². The van der Waals surface area contributed by atoms with Crippen LogP contribution in [-0.2, 0) is 0 Å². The average Bonchev–Trinajstić information content (AvgIpc) is 2.54. The molecule has 0 atom stereocenters. The molecule has 3 aromatic rings. The summed E-state index contributed by atoms with van der Waals surface area (Å²) >= 11 is 0. The van der Waals surface area contributed by atoms with Gasteiger partial charge in [-0.3, -0.25) is 9.36 Å². The van der Waals surface area contributed by atoms with Crippen LogP contribution in [0.3, 0.4) is 0 Å². The summed E-state index contributed by atoms with van der Waals surface area (Å²) in [6.07, 6.45) is 1.62. The zero-order valence-corrected chi connectivity index (χ0v) is 11.3. The van der Waals surface area contributed by atoms with Crippen LogP contribution in [0.2, 0.25) is 0 Å². The van der Waals surface area contributed by atoms with Gasteiger partial charge in [0.05, 0.1) is 24.4 Å². The molecule has 5 heteroatoms. The van der Waals surface area contributed by atoms with Crippen molar-refractivity contribution in [1.29, 1.82) is 5.26 Å². The zero-order chi connectivity index (χ0) is 14.8. The molecule has 0 N–H and O–H groups in total. The number of nitrogens with zero attached hydrogens (tertiary/aromatic N) is 3. The van der Waals surface area contributed by atoms with Gasteiger partial charge in [0.1, 0.15) is 5.65 Å². The van der Waals surface area contributed by atoms with Gasteiger partial charge in [-0.25, -0.2) is 4.98 Å². The van der Waals surface area contributed by atoms with E-state index in [0.717, 1.165) is 5.39 Å². The molecule has 0 amide bonds. The van der Waals surface area contributed by atoms with Crippen LogP contribution in [0.15, 0.2) is 53.5 Å². The molecule has 0 aliphatic carbocycles. The van der Waals surface area contributed by atoms with Crippen molar-refractivity contribution >= 4 is 11.0 Å². The quantitative estimate of drug-likeness (QED) is 0.720. The number of aromatic nitrogens is 2. The topological polar surface area (TPSA) is 67.9 Å². The number of methoxy groups -OCH3 is 1. The van der Waals surface area contributed by atoms with Crippen molar-refractivity contribution in [3.8, 4) is 17.5 Å². The van der Waals surface area contributed by atoms with Gasteiger partial charge in [-0.1, -0.05) is 6.07 Å². The first-order valence-electron chi connectivity index (χ1n) is 6.30. The Kier molecular flexibility index (Phi) is 3.13. The van der Waals surface area contributed by atoms with Crippen molar-refractivity contribution < 1.29 is 4.74 Å². The molecule has 3 rings (SSSR count). The minimum Gasteiger partial charge on any atom is -0.491 e. The molecule has 1 aromatic carbocycles. The van der Waals surface area contributed by atoms with E-state index in [-0.39, 0.29) is 11.3 Å². The maximum Gasteiger partial charge on any atom is 0.299 e. The van der Waals surface area contributed by atoms with Gasteiger partial charge in [0.25, 0.3) is 5.56 Å². The number of pyridine rings is 2. The van der Waals surface area contributed by atoms with Crippen molar-refractivity contribution in [2.24, 2.45) is 0 Å². The molecule has 0 spiro atoms. The van der Waals surface area contributed by atoms with E-state index in [4.69, 9.17) is 10.00 Å². The first-order valence-corrected chi connectivity index (χ1v) is 6.30. The van der Waals surface area contributed by atoms with Crippen LogP contribution in [0.1, 0.15) is 5.56 Å². The molecule has 0 aliphatic rings. The third-order valence-corrected chi connectivity index (χ3v) is 3.18. The largest absolute Gasteiger partial charge is 0.491 e. The summed E-state index contributed by atoms with van der Waals surface area (Å²) in [6.45, 7) is 0. The minimum absolute atomic E-state index is 0.234. The molecule has 21 heavy (non-hydrogen) atoms. The SMILES string of the molecule is COc1cc2cccnc2n(-c2cccc(C#N)c2)c1=O. The molecular formula is C16H11N3O2. The molecule has 5 nitrogen and oxygen atoms in total. The number of ether oxygens (including phenoxy) is 1. The third kappa shape index (κ3) is 2.13. The van der Waals surface area contributed by atoms with Gasteiger partial charge in [-0.05, 0) is 36.4 Å². The Labute approximate surface area is 120 Å². The van der Waals surface area contributed by atoms with E-state index in [2.05, 4.69) is 11.1 Å². The monoisotopic (exact) mass is 277 g/mol. The van der Waals surface area contributed by atoms with E-state index >= 15 is 0 Å². The van der Waals surface area contributed by atoms with Crippen LogP contribution < -0.4 is 10.3 Å². The number of hydrogen-bond donors (Lipinski definition) is 0. The highest BCUT2D eigenvalue weighted by Gasteiger charge is 2.12. The van der Waals surface area contributed by atoms with Crippen molar-refractivity contribution in [1.82, 2.24) is 9.55 Å². The lowest BCUT2D eigenvalue weighted by molar-refractivity contribution is 0.407. The Bertz CT molecular complexity index is 923. The van der Waals surface area contributed by atoms with Crippen LogP contribution in [-0.4, -0.2) is 16.7 Å². The van der Waals surface area contributed by atoms with Crippen LogP contribution in [0, 0.1) is 11.3 Å². The highest BCUT2D eigenvalue weighted by atomic mass is 16.5. The van der Waals surface area contributed by atoms with Gasteiger partial charge in [0.15, 0.2) is 5.75 Å². The lowest BCUT2D eigenvalue weighted by atomic mass is 10.2. The molecular weight excluding hydrogens is 266 g/mol. The maximum absolute atomic E-state index is 12.5. The fourth-order valence-electron chi connectivity index (χ4n) is 2.22. The zero-order valence-electron chi connectivity index (χ0n) is 11.3. The summed E-state index contributed by atoms with van der Waals surface area (Å²) < 4.78 is 6.60. The van der Waals surface area contributed by atoms with E-state index < -0.39 is 0 Å². The normalized spacial score (nSPS) is 10.3. The number of rotatable bonds is 2. The van der Waals surface area contributed by atoms with Crippen molar-refractivity contribution in [3.05, 3.63) is 64.6 Å². The molecule has 0 bridgehead atoms. The predicted octanol–water partition coefficient (Wildman–Crippen LogP) is 2.27. The van der Waals surface area contributed by atoms with Gasteiger partial charge in [-0.15, -0.1) is 0 Å². The minimum atomic E-state index is -0.307. The lowest BCUT2D eigenvalue weighted by Gasteiger charge is -2.11. The van der Waals surface area contributed by atoms with Gasteiger partial charge in [0, 0.05) is 11.6 Å². The van der Waals surface area contributed by atoms with Gasteiger partial charge in [0.2, 0.25) is 0 Å². The maximum atomic E-state index is 12.5. The highest BCUT2D eigenvalue weighted by molar-refractivity contribution is 5.78. The van der Waals surface area contributed by atoms with Crippen LogP contribution in [0.4, 0.5) is 0 Å². The fraction of sp³-hybridized carbons (Fsp3) is 0.0625. The van der Waals surface area contributed by atoms with Crippen LogP contribution >= 0.6 is 0 Å². The first kappa shape index (κ1) is 12.9. The lowest BCUT2D eigenvalue weighted by Crippen LogP contribution is -2.21. The number of hydrogen-bond acceptors (Lipinski definition) is 4. The Hall–Kier alpha value is -3.13. The van der Waals surface area contributed by atoms with Crippen LogP contribution in [0.25, 0.3) is 16.7 Å². The Morgan fingerprint density at radius 2 is 2.10 bits per heavy atom. The highest BCUT2D eigenvalue weighted by Crippen LogP contribution is 2.19. The van der Waals surface area contributed by atoms with E-state index in [9.17, 15) is 4.79 Å². The van der Waals surface area contributed by atoms with E-state index in [1.54, 1.807) is 42.6 Å². The molecule has 0 unspecified atom stereocenters. The first-order chi connectivity index (χ1) is 10.2.